The second-order valence-corrected chi connectivity index (χ2v) is 6.33. The lowest BCUT2D eigenvalue weighted by Crippen LogP contribution is -2.42. The summed E-state index contributed by atoms with van der Waals surface area (Å²) >= 11 is 0. The first-order valence-corrected chi connectivity index (χ1v) is 7.70. The molecule has 0 bridgehead atoms. The predicted molar refractivity (Wildman–Crippen MR) is 81.7 cm³/mol. The third kappa shape index (κ3) is 4.32. The van der Waals surface area contributed by atoms with Gasteiger partial charge in [-0.3, -0.25) is 11.3 Å². The Labute approximate surface area is 117 Å². The van der Waals surface area contributed by atoms with Crippen molar-refractivity contribution in [3.8, 4) is 0 Å². The van der Waals surface area contributed by atoms with Gasteiger partial charge in [0.05, 0.1) is 0 Å². The highest BCUT2D eigenvalue weighted by Crippen LogP contribution is 2.31. The predicted octanol–water partition coefficient (Wildman–Crippen LogP) is 3.59. The highest BCUT2D eigenvalue weighted by Gasteiger charge is 2.25. The highest BCUT2D eigenvalue weighted by atomic mass is 15.2. The van der Waals surface area contributed by atoms with Gasteiger partial charge in [-0.15, -0.1) is 0 Å². The lowest BCUT2D eigenvalue weighted by atomic mass is 9.77. The summed E-state index contributed by atoms with van der Waals surface area (Å²) in [5.74, 6) is 7.42. The van der Waals surface area contributed by atoms with Crippen molar-refractivity contribution in [2.45, 2.75) is 58.4 Å². The van der Waals surface area contributed by atoms with Crippen molar-refractivity contribution in [3.05, 3.63) is 35.4 Å². The van der Waals surface area contributed by atoms with Gasteiger partial charge >= 0.3 is 0 Å². The molecule has 0 aliphatic heterocycles. The molecule has 3 unspecified atom stereocenters. The first-order valence-electron chi connectivity index (χ1n) is 7.70. The van der Waals surface area contributed by atoms with Crippen LogP contribution >= 0.6 is 0 Å². The molecule has 2 nitrogen and oxygen atoms in total. The molecule has 0 aromatic heterocycles. The third-order valence-corrected chi connectivity index (χ3v) is 4.59. The van der Waals surface area contributed by atoms with E-state index in [9.17, 15) is 0 Å². The maximum Gasteiger partial charge on any atom is 0.0242 e. The average molecular weight is 260 g/mol. The molecule has 106 valence electrons. The summed E-state index contributed by atoms with van der Waals surface area (Å²) in [6.45, 7) is 4.53. The van der Waals surface area contributed by atoms with Crippen molar-refractivity contribution in [2.24, 2.45) is 17.7 Å². The molecule has 1 aromatic rings. The summed E-state index contributed by atoms with van der Waals surface area (Å²) in [6.07, 6.45) is 7.72. The summed E-state index contributed by atoms with van der Waals surface area (Å²) in [6, 6.07) is 9.30. The number of hydrogen-bond donors (Lipinski definition) is 2. The van der Waals surface area contributed by atoms with E-state index in [4.69, 9.17) is 5.84 Å². The molecule has 1 fully saturated rings. The van der Waals surface area contributed by atoms with Gasteiger partial charge in [0.2, 0.25) is 0 Å². The van der Waals surface area contributed by atoms with Gasteiger partial charge in [-0.2, -0.15) is 0 Å². The summed E-state index contributed by atoms with van der Waals surface area (Å²) in [7, 11) is 0. The number of aryl methyl sites for hydroxylation is 2. The van der Waals surface area contributed by atoms with Crippen molar-refractivity contribution in [3.63, 3.8) is 0 Å². The minimum Gasteiger partial charge on any atom is -0.271 e. The van der Waals surface area contributed by atoms with Gasteiger partial charge in [-0.25, -0.2) is 0 Å². The Balaban J connectivity index is 1.88. The Morgan fingerprint density at radius 2 is 2.21 bits per heavy atom. The van der Waals surface area contributed by atoms with E-state index in [0.29, 0.717) is 6.04 Å². The molecule has 3 atom stereocenters. The van der Waals surface area contributed by atoms with Crippen LogP contribution in [0.3, 0.4) is 0 Å². The molecule has 1 saturated carbocycles. The molecule has 0 heterocycles. The zero-order valence-corrected chi connectivity index (χ0v) is 12.4. The summed E-state index contributed by atoms with van der Waals surface area (Å²) in [5.41, 5.74) is 5.86. The van der Waals surface area contributed by atoms with Gasteiger partial charge in [-0.05, 0) is 50.0 Å². The van der Waals surface area contributed by atoms with Gasteiger partial charge in [-0.1, -0.05) is 49.6 Å². The summed E-state index contributed by atoms with van der Waals surface area (Å²) in [4.78, 5) is 0. The standard InChI is InChI=1S/C17H28N2/c1-13-5-3-7-15(11-13)9-10-17(19-18)16-8-4-6-14(2)12-16/h3,5,7,11,14,16-17,19H,4,6,8-10,12,18H2,1-2H3. The van der Waals surface area contributed by atoms with Gasteiger partial charge in [0.25, 0.3) is 0 Å². The van der Waals surface area contributed by atoms with Crippen molar-refractivity contribution < 1.29 is 0 Å². The molecule has 0 radical (unpaired) electrons. The van der Waals surface area contributed by atoms with Crippen molar-refractivity contribution in [1.82, 2.24) is 5.43 Å². The van der Waals surface area contributed by atoms with Crippen LogP contribution in [0.1, 0.15) is 50.2 Å². The normalized spacial score (nSPS) is 25.2. The highest BCUT2D eigenvalue weighted by molar-refractivity contribution is 5.22. The Hall–Kier alpha value is -0.860. The minimum absolute atomic E-state index is 0.475. The van der Waals surface area contributed by atoms with Crippen LogP contribution in [-0.4, -0.2) is 6.04 Å². The summed E-state index contributed by atoms with van der Waals surface area (Å²) < 4.78 is 0. The fourth-order valence-corrected chi connectivity index (χ4v) is 3.49. The van der Waals surface area contributed by atoms with Gasteiger partial charge in [0.1, 0.15) is 0 Å². The van der Waals surface area contributed by atoms with Crippen LogP contribution in [0.2, 0.25) is 0 Å². The minimum atomic E-state index is 0.475. The van der Waals surface area contributed by atoms with Gasteiger partial charge in [0, 0.05) is 6.04 Å². The van der Waals surface area contributed by atoms with E-state index >= 15 is 0 Å². The van der Waals surface area contributed by atoms with E-state index in [0.717, 1.165) is 24.7 Å². The molecule has 2 rings (SSSR count). The lowest BCUT2D eigenvalue weighted by Gasteiger charge is -2.33. The average Bonchev–Trinajstić information content (AvgIpc) is 2.40. The Morgan fingerprint density at radius 3 is 2.89 bits per heavy atom. The molecule has 0 spiro atoms. The smallest absolute Gasteiger partial charge is 0.0242 e. The van der Waals surface area contributed by atoms with Crippen molar-refractivity contribution >= 4 is 0 Å². The van der Waals surface area contributed by atoms with Crippen molar-refractivity contribution in [1.29, 1.82) is 0 Å². The van der Waals surface area contributed by atoms with Crippen LogP contribution in [0.4, 0.5) is 0 Å². The SMILES string of the molecule is Cc1cccc(CCC(NN)C2CCCC(C)C2)c1. The van der Waals surface area contributed by atoms with E-state index in [1.54, 1.807) is 0 Å². The van der Waals surface area contributed by atoms with Crippen molar-refractivity contribution in [2.75, 3.05) is 0 Å². The van der Waals surface area contributed by atoms with E-state index in [2.05, 4.69) is 43.5 Å². The van der Waals surface area contributed by atoms with Crippen LogP contribution in [-0.2, 0) is 6.42 Å². The van der Waals surface area contributed by atoms with E-state index in [-0.39, 0.29) is 0 Å². The fourth-order valence-electron chi connectivity index (χ4n) is 3.49. The van der Waals surface area contributed by atoms with Crippen LogP contribution in [0.5, 0.6) is 0 Å². The molecule has 1 aromatic carbocycles. The molecule has 3 N–H and O–H groups in total. The largest absolute Gasteiger partial charge is 0.271 e. The molecular weight excluding hydrogens is 232 g/mol. The molecule has 0 amide bonds. The van der Waals surface area contributed by atoms with Crippen LogP contribution < -0.4 is 11.3 Å². The quantitative estimate of drug-likeness (QED) is 0.627. The zero-order chi connectivity index (χ0) is 13.7. The first-order chi connectivity index (χ1) is 9.19. The number of hydrazine groups is 1. The summed E-state index contributed by atoms with van der Waals surface area (Å²) in [5, 5.41) is 0. The second kappa shape index (κ2) is 7.06. The van der Waals surface area contributed by atoms with Crippen LogP contribution in [0.15, 0.2) is 24.3 Å². The molecule has 2 heteroatoms. The number of nitrogens with one attached hydrogen (secondary N) is 1. The topological polar surface area (TPSA) is 38.0 Å². The first kappa shape index (κ1) is 14.5. The van der Waals surface area contributed by atoms with Gasteiger partial charge in [0.15, 0.2) is 0 Å². The molecule has 0 saturated heterocycles. The van der Waals surface area contributed by atoms with Crippen LogP contribution in [0.25, 0.3) is 0 Å². The zero-order valence-electron chi connectivity index (χ0n) is 12.4. The Bertz CT molecular complexity index is 389. The third-order valence-electron chi connectivity index (χ3n) is 4.59. The molecule has 1 aliphatic carbocycles. The van der Waals surface area contributed by atoms with E-state index in [1.165, 1.54) is 36.8 Å². The molecular formula is C17H28N2. The fraction of sp³-hybridized carbons (Fsp3) is 0.647. The monoisotopic (exact) mass is 260 g/mol. The maximum atomic E-state index is 5.79. The Kier molecular flexibility index (Phi) is 5.41. The van der Waals surface area contributed by atoms with E-state index < -0.39 is 0 Å². The van der Waals surface area contributed by atoms with E-state index in [1.807, 2.05) is 0 Å². The van der Waals surface area contributed by atoms with Gasteiger partial charge < -0.3 is 0 Å². The molecule has 19 heavy (non-hydrogen) atoms. The lowest BCUT2D eigenvalue weighted by molar-refractivity contribution is 0.216. The number of nitrogens with two attached hydrogens (primary N) is 1. The Morgan fingerprint density at radius 1 is 1.37 bits per heavy atom. The number of rotatable bonds is 5. The van der Waals surface area contributed by atoms with Crippen LogP contribution in [0, 0.1) is 18.8 Å². The second-order valence-electron chi connectivity index (χ2n) is 6.33. The molecule has 1 aliphatic rings. The number of hydrogen-bond acceptors (Lipinski definition) is 2. The maximum absolute atomic E-state index is 5.79. The number of benzene rings is 1.